The van der Waals surface area contributed by atoms with E-state index < -0.39 is 0 Å². The Morgan fingerprint density at radius 2 is 1.94 bits per heavy atom. The van der Waals surface area contributed by atoms with Crippen LogP contribution < -0.4 is 5.32 Å². The molecule has 0 bridgehead atoms. The van der Waals surface area contributed by atoms with Crippen molar-refractivity contribution in [1.82, 2.24) is 15.1 Å². The molecule has 1 atom stereocenters. The van der Waals surface area contributed by atoms with Gasteiger partial charge in [-0.2, -0.15) is 0 Å². The largest absolute Gasteiger partial charge is 0.352 e. The molecule has 2 rings (SSSR count). The minimum absolute atomic E-state index is 0.580. The first kappa shape index (κ1) is 12.7. The van der Waals surface area contributed by atoms with Crippen molar-refractivity contribution in [3.05, 3.63) is 0 Å². The van der Waals surface area contributed by atoms with E-state index in [1.54, 1.807) is 0 Å². The van der Waals surface area contributed by atoms with Crippen molar-refractivity contribution in [3.8, 4) is 0 Å². The second kappa shape index (κ2) is 5.71. The van der Waals surface area contributed by atoms with Crippen LogP contribution in [-0.2, 0) is 0 Å². The van der Waals surface area contributed by atoms with Crippen molar-refractivity contribution in [2.75, 3.05) is 34.2 Å². The lowest BCUT2D eigenvalue weighted by molar-refractivity contribution is 0.242. The maximum absolute atomic E-state index is 4.29. The zero-order chi connectivity index (χ0) is 12.3. The molecule has 1 saturated carbocycles. The molecule has 1 N–H and O–H groups in total. The molecule has 0 amide bonds. The molecule has 4 heteroatoms. The monoisotopic (exact) mass is 238 g/mol. The summed E-state index contributed by atoms with van der Waals surface area (Å²) in [4.78, 5) is 9.01. The molecule has 0 spiro atoms. The van der Waals surface area contributed by atoms with Gasteiger partial charge in [0.25, 0.3) is 0 Å². The fourth-order valence-electron chi connectivity index (χ4n) is 3.08. The molecule has 0 aromatic carbocycles. The molecular formula is C13H26N4. The Kier molecular flexibility index (Phi) is 4.26. The molecule has 0 radical (unpaired) electrons. The summed E-state index contributed by atoms with van der Waals surface area (Å²) in [5.41, 5.74) is 0. The topological polar surface area (TPSA) is 30.9 Å². The average molecular weight is 238 g/mol. The zero-order valence-corrected chi connectivity index (χ0v) is 11.4. The van der Waals surface area contributed by atoms with E-state index in [1.165, 1.54) is 45.2 Å². The second-order valence-electron chi connectivity index (χ2n) is 5.50. The smallest absolute Gasteiger partial charge is 0.193 e. The van der Waals surface area contributed by atoms with Crippen molar-refractivity contribution in [2.45, 2.75) is 44.2 Å². The first-order valence-electron chi connectivity index (χ1n) is 6.85. The summed E-state index contributed by atoms with van der Waals surface area (Å²) < 4.78 is 0. The van der Waals surface area contributed by atoms with Crippen LogP contribution in [0, 0.1) is 0 Å². The molecule has 17 heavy (non-hydrogen) atoms. The summed E-state index contributed by atoms with van der Waals surface area (Å²) in [5.74, 6) is 1.00. The van der Waals surface area contributed by atoms with Gasteiger partial charge in [-0.1, -0.05) is 12.8 Å². The van der Waals surface area contributed by atoms with E-state index in [-0.39, 0.29) is 0 Å². The molecule has 0 aromatic heterocycles. The molecule has 98 valence electrons. The normalized spacial score (nSPS) is 27.7. The summed E-state index contributed by atoms with van der Waals surface area (Å²) >= 11 is 0. The molecule has 1 saturated heterocycles. The quantitative estimate of drug-likeness (QED) is 0.578. The van der Waals surface area contributed by atoms with Gasteiger partial charge in [0.1, 0.15) is 0 Å². The molecule has 1 aliphatic carbocycles. The highest BCUT2D eigenvalue weighted by Crippen LogP contribution is 2.26. The minimum atomic E-state index is 0.580. The Morgan fingerprint density at radius 3 is 2.53 bits per heavy atom. The Hall–Kier alpha value is -0.770. The van der Waals surface area contributed by atoms with Crippen molar-refractivity contribution in [1.29, 1.82) is 0 Å². The summed E-state index contributed by atoms with van der Waals surface area (Å²) in [5, 5.41) is 3.55. The molecule has 1 aliphatic heterocycles. The van der Waals surface area contributed by atoms with Gasteiger partial charge < -0.3 is 10.2 Å². The van der Waals surface area contributed by atoms with E-state index in [0.717, 1.165) is 12.0 Å². The van der Waals surface area contributed by atoms with Crippen LogP contribution in [0.5, 0.6) is 0 Å². The summed E-state index contributed by atoms with van der Waals surface area (Å²) in [6, 6.07) is 1.44. The van der Waals surface area contributed by atoms with E-state index in [9.17, 15) is 0 Å². The van der Waals surface area contributed by atoms with Gasteiger partial charge in [-0.25, -0.2) is 0 Å². The standard InChI is InChI=1S/C13H26N4/c1-14-13(16(2)3)15-11-8-9-17(10-11)12-6-4-5-7-12/h11-12H,4-10H2,1-3H3,(H,14,15). The van der Waals surface area contributed by atoms with Gasteiger partial charge in [0.05, 0.1) is 0 Å². The van der Waals surface area contributed by atoms with E-state index in [0.29, 0.717) is 6.04 Å². The number of aliphatic imine (C=N–C) groups is 1. The number of nitrogens with one attached hydrogen (secondary N) is 1. The summed E-state index contributed by atoms with van der Waals surface area (Å²) in [6.07, 6.45) is 6.94. The molecule has 0 aromatic rings. The fraction of sp³-hybridized carbons (Fsp3) is 0.923. The predicted octanol–water partition coefficient (Wildman–Crippen LogP) is 1.14. The number of nitrogens with zero attached hydrogens (tertiary/aromatic N) is 3. The summed E-state index contributed by atoms with van der Waals surface area (Å²) in [6.45, 7) is 2.45. The highest BCUT2D eigenvalue weighted by Gasteiger charge is 2.30. The lowest BCUT2D eigenvalue weighted by Gasteiger charge is -2.25. The number of guanidine groups is 1. The van der Waals surface area contributed by atoms with Gasteiger partial charge in [0.15, 0.2) is 5.96 Å². The Balaban J connectivity index is 1.81. The van der Waals surface area contributed by atoms with Crippen LogP contribution in [0.15, 0.2) is 4.99 Å². The molecule has 4 nitrogen and oxygen atoms in total. The maximum Gasteiger partial charge on any atom is 0.193 e. The van der Waals surface area contributed by atoms with Gasteiger partial charge in [-0.3, -0.25) is 9.89 Å². The van der Waals surface area contributed by atoms with E-state index in [4.69, 9.17) is 0 Å². The van der Waals surface area contributed by atoms with Gasteiger partial charge in [-0.05, 0) is 19.3 Å². The number of hydrogen-bond acceptors (Lipinski definition) is 2. The van der Waals surface area contributed by atoms with Crippen LogP contribution in [-0.4, -0.2) is 62.1 Å². The van der Waals surface area contributed by atoms with Crippen LogP contribution >= 0.6 is 0 Å². The maximum atomic E-state index is 4.29. The van der Waals surface area contributed by atoms with Gasteiger partial charge >= 0.3 is 0 Å². The predicted molar refractivity (Wildman–Crippen MR) is 72.4 cm³/mol. The second-order valence-corrected chi connectivity index (χ2v) is 5.50. The van der Waals surface area contributed by atoms with E-state index >= 15 is 0 Å². The van der Waals surface area contributed by atoms with Crippen molar-refractivity contribution in [3.63, 3.8) is 0 Å². The first-order chi connectivity index (χ1) is 8.20. The first-order valence-corrected chi connectivity index (χ1v) is 6.85. The lowest BCUT2D eigenvalue weighted by Crippen LogP contribution is -2.44. The SMILES string of the molecule is CN=C(NC1CCN(C2CCCC2)C1)N(C)C. The van der Waals surface area contributed by atoms with Crippen LogP contribution in [0.2, 0.25) is 0 Å². The molecule has 2 fully saturated rings. The third-order valence-corrected chi connectivity index (χ3v) is 4.03. The third kappa shape index (κ3) is 3.12. The van der Waals surface area contributed by atoms with E-state index in [1.807, 2.05) is 21.1 Å². The van der Waals surface area contributed by atoms with Gasteiger partial charge in [-0.15, -0.1) is 0 Å². The van der Waals surface area contributed by atoms with E-state index in [2.05, 4.69) is 20.1 Å². The van der Waals surface area contributed by atoms with Crippen LogP contribution in [0.4, 0.5) is 0 Å². The van der Waals surface area contributed by atoms with Crippen LogP contribution in [0.3, 0.4) is 0 Å². The molecule has 2 aliphatic rings. The van der Waals surface area contributed by atoms with Crippen LogP contribution in [0.25, 0.3) is 0 Å². The fourth-order valence-corrected chi connectivity index (χ4v) is 3.08. The Labute approximate surface area is 105 Å². The van der Waals surface area contributed by atoms with Crippen molar-refractivity contribution < 1.29 is 0 Å². The van der Waals surface area contributed by atoms with Gasteiger partial charge in [0.2, 0.25) is 0 Å². The van der Waals surface area contributed by atoms with Crippen molar-refractivity contribution in [2.24, 2.45) is 4.99 Å². The highest BCUT2D eigenvalue weighted by atomic mass is 15.3. The Bertz CT molecular complexity index is 269. The summed E-state index contributed by atoms with van der Waals surface area (Å²) in [7, 11) is 5.93. The van der Waals surface area contributed by atoms with Crippen LogP contribution in [0.1, 0.15) is 32.1 Å². The average Bonchev–Trinajstić information content (AvgIpc) is 2.95. The molecule has 1 unspecified atom stereocenters. The molecular weight excluding hydrogens is 212 g/mol. The molecule has 1 heterocycles. The minimum Gasteiger partial charge on any atom is -0.352 e. The highest BCUT2D eigenvalue weighted by molar-refractivity contribution is 5.79. The lowest BCUT2D eigenvalue weighted by atomic mass is 10.2. The van der Waals surface area contributed by atoms with Crippen molar-refractivity contribution >= 4 is 5.96 Å². The third-order valence-electron chi connectivity index (χ3n) is 4.03. The number of hydrogen-bond donors (Lipinski definition) is 1. The number of likely N-dealkylation sites (tertiary alicyclic amines) is 1. The van der Waals surface area contributed by atoms with Gasteiger partial charge in [0, 0.05) is 46.3 Å². The zero-order valence-electron chi connectivity index (χ0n) is 11.4. The Morgan fingerprint density at radius 1 is 1.24 bits per heavy atom. The number of rotatable bonds is 2.